The van der Waals surface area contributed by atoms with Crippen LogP contribution < -0.4 is 5.14 Å². The molecule has 6 nitrogen and oxygen atoms in total. The van der Waals surface area contributed by atoms with E-state index in [1.54, 1.807) is 6.92 Å². The SMILES string of the molecule is CCOC(=O)c1cc(S(N)(=O)=O)c(Br)o1. The lowest BCUT2D eigenvalue weighted by atomic mass is 10.4. The molecule has 0 bridgehead atoms. The van der Waals surface area contributed by atoms with Crippen LogP contribution in [0.5, 0.6) is 0 Å². The lowest BCUT2D eigenvalue weighted by molar-refractivity contribution is 0.0488. The molecule has 1 heterocycles. The van der Waals surface area contributed by atoms with Gasteiger partial charge in [-0.05, 0) is 22.9 Å². The molecular formula is C7H8BrNO5S. The summed E-state index contributed by atoms with van der Waals surface area (Å²) in [6, 6.07) is 1.01. The molecule has 0 aromatic carbocycles. The number of carbonyl (C=O) groups is 1. The highest BCUT2D eigenvalue weighted by Gasteiger charge is 2.22. The zero-order valence-corrected chi connectivity index (χ0v) is 10.1. The van der Waals surface area contributed by atoms with Crippen LogP contribution in [0.25, 0.3) is 0 Å². The Hall–Kier alpha value is -0.860. The molecule has 15 heavy (non-hydrogen) atoms. The second kappa shape index (κ2) is 4.33. The highest BCUT2D eigenvalue weighted by atomic mass is 79.9. The standard InChI is InChI=1S/C7H8BrNO5S/c1-2-13-7(10)4-3-5(6(8)14-4)15(9,11)12/h3H,2H2,1H3,(H2,9,11,12). The number of primary sulfonamides is 1. The number of hydrogen-bond acceptors (Lipinski definition) is 5. The molecule has 0 saturated heterocycles. The zero-order chi connectivity index (χ0) is 11.6. The van der Waals surface area contributed by atoms with E-state index < -0.39 is 16.0 Å². The number of rotatable bonds is 3. The Kier molecular flexibility index (Phi) is 3.53. The lowest BCUT2D eigenvalue weighted by Crippen LogP contribution is -2.11. The van der Waals surface area contributed by atoms with Gasteiger partial charge < -0.3 is 9.15 Å². The molecule has 0 atom stereocenters. The molecule has 0 saturated carbocycles. The van der Waals surface area contributed by atoms with Crippen molar-refractivity contribution in [3.05, 3.63) is 16.5 Å². The first kappa shape index (κ1) is 12.2. The predicted octanol–water partition coefficient (Wildman–Crippen LogP) is 0.866. The Morgan fingerprint density at radius 1 is 1.67 bits per heavy atom. The molecule has 0 spiro atoms. The number of esters is 1. The Balaban J connectivity index is 3.12. The van der Waals surface area contributed by atoms with E-state index in [9.17, 15) is 13.2 Å². The minimum absolute atomic E-state index is 0.118. The van der Waals surface area contributed by atoms with Crippen molar-refractivity contribution in [3.8, 4) is 0 Å². The summed E-state index contributed by atoms with van der Waals surface area (Å²) >= 11 is 2.84. The summed E-state index contributed by atoms with van der Waals surface area (Å²) in [5.41, 5.74) is 0. The van der Waals surface area contributed by atoms with E-state index in [4.69, 9.17) is 9.56 Å². The Bertz CT molecular complexity index is 478. The summed E-state index contributed by atoms with van der Waals surface area (Å²) in [7, 11) is -3.91. The van der Waals surface area contributed by atoms with Crippen molar-refractivity contribution < 1.29 is 22.4 Å². The van der Waals surface area contributed by atoms with Crippen LogP contribution in [-0.2, 0) is 14.8 Å². The Labute approximate surface area is 94.6 Å². The highest BCUT2D eigenvalue weighted by Crippen LogP contribution is 2.25. The van der Waals surface area contributed by atoms with Crippen LogP contribution in [0.3, 0.4) is 0 Å². The molecule has 1 aromatic heterocycles. The summed E-state index contributed by atoms with van der Waals surface area (Å²) in [6.45, 7) is 1.79. The Morgan fingerprint density at radius 3 is 2.67 bits per heavy atom. The number of ether oxygens (including phenoxy) is 1. The van der Waals surface area contributed by atoms with Crippen molar-refractivity contribution >= 4 is 31.9 Å². The number of furan rings is 1. The molecule has 0 aliphatic heterocycles. The van der Waals surface area contributed by atoms with E-state index in [0.29, 0.717) is 0 Å². The lowest BCUT2D eigenvalue weighted by Gasteiger charge is -1.95. The third-order valence-corrected chi connectivity index (χ3v) is 3.21. The average molecular weight is 298 g/mol. The first-order valence-corrected chi connectivity index (χ1v) is 6.19. The molecule has 0 fully saturated rings. The largest absolute Gasteiger partial charge is 0.460 e. The fourth-order valence-electron chi connectivity index (χ4n) is 0.849. The van der Waals surface area contributed by atoms with Gasteiger partial charge in [-0.1, -0.05) is 0 Å². The molecule has 2 N–H and O–H groups in total. The first-order chi connectivity index (χ1) is 6.86. The van der Waals surface area contributed by atoms with E-state index in [1.165, 1.54) is 0 Å². The monoisotopic (exact) mass is 297 g/mol. The van der Waals surface area contributed by atoms with Crippen LogP contribution in [0.4, 0.5) is 0 Å². The number of sulfonamides is 1. The number of nitrogens with two attached hydrogens (primary N) is 1. The molecule has 0 unspecified atom stereocenters. The van der Waals surface area contributed by atoms with E-state index in [0.717, 1.165) is 6.07 Å². The summed E-state index contributed by atoms with van der Waals surface area (Å²) in [4.78, 5) is 10.9. The summed E-state index contributed by atoms with van der Waals surface area (Å²) < 4.78 is 31.3. The van der Waals surface area contributed by atoms with E-state index in [-0.39, 0.29) is 21.9 Å². The number of carbonyl (C=O) groups excluding carboxylic acids is 1. The normalized spacial score (nSPS) is 11.4. The van der Waals surface area contributed by atoms with Crippen molar-refractivity contribution in [1.29, 1.82) is 0 Å². The smallest absolute Gasteiger partial charge is 0.374 e. The number of hydrogen-bond donors (Lipinski definition) is 1. The van der Waals surface area contributed by atoms with Gasteiger partial charge in [-0.25, -0.2) is 18.4 Å². The molecule has 84 valence electrons. The topological polar surface area (TPSA) is 99.6 Å². The van der Waals surface area contributed by atoms with Crippen molar-refractivity contribution in [2.45, 2.75) is 11.8 Å². The zero-order valence-electron chi connectivity index (χ0n) is 7.69. The summed E-state index contributed by atoms with van der Waals surface area (Å²) in [5, 5.41) is 4.88. The van der Waals surface area contributed by atoms with Crippen LogP contribution in [0.15, 0.2) is 20.0 Å². The quantitative estimate of drug-likeness (QED) is 0.834. The molecule has 0 aliphatic rings. The minimum Gasteiger partial charge on any atom is -0.460 e. The number of halogens is 1. The molecule has 0 aliphatic carbocycles. The minimum atomic E-state index is -3.91. The molecule has 0 amide bonds. The molecule has 0 radical (unpaired) electrons. The van der Waals surface area contributed by atoms with Crippen molar-refractivity contribution in [2.75, 3.05) is 6.61 Å². The second-order valence-corrected chi connectivity index (χ2v) is 4.76. The second-order valence-electron chi connectivity index (χ2n) is 2.51. The van der Waals surface area contributed by atoms with Crippen LogP contribution in [-0.4, -0.2) is 21.0 Å². The van der Waals surface area contributed by atoms with Gasteiger partial charge in [-0.2, -0.15) is 0 Å². The van der Waals surface area contributed by atoms with Gasteiger partial charge in [0, 0.05) is 6.07 Å². The van der Waals surface area contributed by atoms with Gasteiger partial charge in [0.05, 0.1) is 6.61 Å². The van der Waals surface area contributed by atoms with E-state index in [1.807, 2.05) is 0 Å². The fourth-order valence-corrected chi connectivity index (χ4v) is 2.35. The van der Waals surface area contributed by atoms with Gasteiger partial charge in [0.15, 0.2) is 4.67 Å². The van der Waals surface area contributed by atoms with Crippen LogP contribution in [0.2, 0.25) is 0 Å². The van der Waals surface area contributed by atoms with Gasteiger partial charge in [0.2, 0.25) is 15.8 Å². The maximum Gasteiger partial charge on any atom is 0.374 e. The van der Waals surface area contributed by atoms with E-state index >= 15 is 0 Å². The van der Waals surface area contributed by atoms with Gasteiger partial charge in [-0.3, -0.25) is 0 Å². The predicted molar refractivity (Wildman–Crippen MR) is 53.7 cm³/mol. The maximum absolute atomic E-state index is 11.2. The third-order valence-electron chi connectivity index (χ3n) is 1.44. The molecular weight excluding hydrogens is 290 g/mol. The Morgan fingerprint density at radius 2 is 2.27 bits per heavy atom. The molecule has 1 aromatic rings. The van der Waals surface area contributed by atoms with Gasteiger partial charge >= 0.3 is 5.97 Å². The van der Waals surface area contributed by atoms with Gasteiger partial charge in [0.25, 0.3) is 0 Å². The van der Waals surface area contributed by atoms with Gasteiger partial charge in [-0.15, -0.1) is 0 Å². The van der Waals surface area contributed by atoms with Crippen LogP contribution >= 0.6 is 15.9 Å². The van der Waals surface area contributed by atoms with Crippen LogP contribution in [0, 0.1) is 0 Å². The summed E-state index contributed by atoms with van der Waals surface area (Å²) in [5.74, 6) is -0.958. The van der Waals surface area contributed by atoms with Crippen molar-refractivity contribution in [1.82, 2.24) is 0 Å². The first-order valence-electron chi connectivity index (χ1n) is 3.85. The molecule has 1 rings (SSSR count). The fraction of sp³-hybridized carbons (Fsp3) is 0.286. The average Bonchev–Trinajstić information content (AvgIpc) is 2.47. The van der Waals surface area contributed by atoms with E-state index in [2.05, 4.69) is 20.7 Å². The summed E-state index contributed by atoms with van der Waals surface area (Å²) in [6.07, 6.45) is 0. The van der Waals surface area contributed by atoms with Crippen molar-refractivity contribution in [2.24, 2.45) is 5.14 Å². The maximum atomic E-state index is 11.2. The highest BCUT2D eigenvalue weighted by molar-refractivity contribution is 9.10. The van der Waals surface area contributed by atoms with Crippen molar-refractivity contribution in [3.63, 3.8) is 0 Å². The van der Waals surface area contributed by atoms with Crippen LogP contribution in [0.1, 0.15) is 17.5 Å². The molecule has 8 heteroatoms. The third kappa shape index (κ3) is 2.80. The van der Waals surface area contributed by atoms with Gasteiger partial charge in [0.1, 0.15) is 4.90 Å².